The minimum atomic E-state index is -4.27. The molecular weight excluding hydrogens is 199 g/mol. The number of halogens is 3. The minimum Gasteiger partial charge on any atom is -0.330 e. The van der Waals surface area contributed by atoms with Gasteiger partial charge in [-0.25, -0.2) is 0 Å². The van der Waals surface area contributed by atoms with Crippen molar-refractivity contribution in [2.75, 3.05) is 11.0 Å². The smallest absolute Gasteiger partial charge is 0.330 e. The average Bonchev–Trinajstić information content (AvgIpc) is 2.04. The molecule has 1 nitrogen and oxygen atoms in total. The zero-order valence-corrected chi connectivity index (χ0v) is 7.67. The molecule has 0 aliphatic rings. The second-order valence-electron chi connectivity index (χ2n) is 2.38. The van der Waals surface area contributed by atoms with Gasteiger partial charge in [-0.15, -0.1) is 0 Å². The third-order valence-corrected chi connectivity index (χ3v) is 1.85. The van der Waals surface area contributed by atoms with Gasteiger partial charge in [0.25, 0.3) is 0 Å². The highest BCUT2D eigenvalue weighted by Crippen LogP contribution is 2.30. The lowest BCUT2D eigenvalue weighted by atomic mass is 10.2. The summed E-state index contributed by atoms with van der Waals surface area (Å²) >= 11 is 1.26. The van der Waals surface area contributed by atoms with Gasteiger partial charge in [-0.1, -0.05) is 18.0 Å². The number of nitrogens with one attached hydrogen (secondary N) is 1. The van der Waals surface area contributed by atoms with E-state index in [1.165, 1.54) is 18.0 Å². The Morgan fingerprint density at radius 1 is 1.31 bits per heavy atom. The van der Waals surface area contributed by atoms with Crippen molar-refractivity contribution in [1.82, 2.24) is 0 Å². The maximum Gasteiger partial charge on any atom is 0.416 e. The maximum atomic E-state index is 12.2. The minimum absolute atomic E-state index is 0.460. The molecule has 0 fully saturated rings. The van der Waals surface area contributed by atoms with Crippen molar-refractivity contribution in [3.63, 3.8) is 0 Å². The van der Waals surface area contributed by atoms with Crippen LogP contribution in [0.25, 0.3) is 0 Å². The summed E-state index contributed by atoms with van der Waals surface area (Å²) in [5.74, 6) is 0. The van der Waals surface area contributed by atoms with Crippen LogP contribution in [0.1, 0.15) is 5.56 Å². The summed E-state index contributed by atoms with van der Waals surface area (Å²) < 4.78 is 39.3. The molecule has 0 aliphatic carbocycles. The number of anilines is 1. The fourth-order valence-electron chi connectivity index (χ4n) is 0.877. The second kappa shape index (κ2) is 3.91. The molecule has 1 aromatic carbocycles. The van der Waals surface area contributed by atoms with Gasteiger partial charge in [-0.05, 0) is 18.2 Å². The normalized spacial score (nSPS) is 11.4. The summed E-state index contributed by atoms with van der Waals surface area (Å²) in [7, 11) is 0. The van der Waals surface area contributed by atoms with E-state index in [4.69, 9.17) is 0 Å². The zero-order chi connectivity index (χ0) is 9.90. The molecule has 5 heteroatoms. The van der Waals surface area contributed by atoms with Crippen molar-refractivity contribution in [3.8, 4) is 0 Å². The second-order valence-corrected chi connectivity index (χ2v) is 3.00. The summed E-state index contributed by atoms with van der Waals surface area (Å²) in [6.07, 6.45) is -2.52. The lowest BCUT2D eigenvalue weighted by Gasteiger charge is -2.08. The van der Waals surface area contributed by atoms with E-state index in [1.807, 2.05) is 0 Å². The highest BCUT2D eigenvalue weighted by molar-refractivity contribution is 7.99. The van der Waals surface area contributed by atoms with Crippen LogP contribution < -0.4 is 4.72 Å². The van der Waals surface area contributed by atoms with Gasteiger partial charge in [0.1, 0.15) is 0 Å². The van der Waals surface area contributed by atoms with Crippen LogP contribution >= 0.6 is 11.9 Å². The summed E-state index contributed by atoms with van der Waals surface area (Å²) in [6, 6.07) is 5.09. The van der Waals surface area contributed by atoms with Gasteiger partial charge in [0.15, 0.2) is 0 Å². The highest BCUT2D eigenvalue weighted by atomic mass is 32.2. The van der Waals surface area contributed by atoms with Crippen LogP contribution in [-0.4, -0.2) is 6.26 Å². The third kappa shape index (κ3) is 2.84. The van der Waals surface area contributed by atoms with Gasteiger partial charge in [0, 0.05) is 11.9 Å². The molecule has 0 aliphatic heterocycles. The van der Waals surface area contributed by atoms with E-state index < -0.39 is 11.7 Å². The van der Waals surface area contributed by atoms with E-state index in [9.17, 15) is 13.2 Å². The summed E-state index contributed by atoms with van der Waals surface area (Å²) in [4.78, 5) is 0. The van der Waals surface area contributed by atoms with E-state index in [2.05, 4.69) is 4.72 Å². The van der Waals surface area contributed by atoms with Gasteiger partial charge in [-0.2, -0.15) is 13.2 Å². The summed E-state index contributed by atoms with van der Waals surface area (Å²) in [5, 5.41) is 0. The van der Waals surface area contributed by atoms with Crippen LogP contribution in [0, 0.1) is 0 Å². The topological polar surface area (TPSA) is 12.0 Å². The first kappa shape index (κ1) is 10.2. The van der Waals surface area contributed by atoms with E-state index in [0.29, 0.717) is 5.69 Å². The van der Waals surface area contributed by atoms with E-state index in [-0.39, 0.29) is 0 Å². The molecule has 1 aromatic rings. The average molecular weight is 207 g/mol. The lowest BCUT2D eigenvalue weighted by molar-refractivity contribution is -0.137. The Morgan fingerprint density at radius 2 is 2.00 bits per heavy atom. The van der Waals surface area contributed by atoms with Gasteiger partial charge in [0.05, 0.1) is 5.56 Å². The van der Waals surface area contributed by atoms with Crippen molar-refractivity contribution in [3.05, 3.63) is 29.8 Å². The van der Waals surface area contributed by atoms with E-state index in [0.717, 1.165) is 12.1 Å². The van der Waals surface area contributed by atoms with Gasteiger partial charge >= 0.3 is 6.18 Å². The number of alkyl halides is 3. The molecule has 13 heavy (non-hydrogen) atoms. The molecule has 0 amide bonds. The Hall–Kier alpha value is -0.840. The number of hydrogen-bond donors (Lipinski definition) is 1. The van der Waals surface area contributed by atoms with Crippen LogP contribution in [0.2, 0.25) is 0 Å². The van der Waals surface area contributed by atoms with Crippen LogP contribution in [0.15, 0.2) is 24.3 Å². The van der Waals surface area contributed by atoms with Gasteiger partial charge in [0.2, 0.25) is 0 Å². The van der Waals surface area contributed by atoms with E-state index in [1.54, 1.807) is 12.3 Å². The Morgan fingerprint density at radius 3 is 2.54 bits per heavy atom. The number of hydrogen-bond acceptors (Lipinski definition) is 2. The molecule has 0 aromatic heterocycles. The summed E-state index contributed by atoms with van der Waals surface area (Å²) in [5.41, 5.74) is -0.172. The summed E-state index contributed by atoms with van der Waals surface area (Å²) in [6.45, 7) is 0. The van der Waals surface area contributed by atoms with E-state index >= 15 is 0 Å². The van der Waals surface area contributed by atoms with Crippen molar-refractivity contribution in [2.45, 2.75) is 6.18 Å². The Balaban J connectivity index is 2.92. The molecule has 0 saturated heterocycles. The first-order chi connectivity index (χ1) is 6.04. The van der Waals surface area contributed by atoms with Crippen LogP contribution in [0.4, 0.5) is 18.9 Å². The van der Waals surface area contributed by atoms with Gasteiger partial charge < -0.3 is 4.72 Å². The molecule has 0 atom stereocenters. The van der Waals surface area contributed by atoms with Crippen molar-refractivity contribution in [1.29, 1.82) is 0 Å². The first-order valence-electron chi connectivity index (χ1n) is 3.50. The fourth-order valence-corrected chi connectivity index (χ4v) is 1.24. The third-order valence-electron chi connectivity index (χ3n) is 1.41. The number of benzene rings is 1. The highest BCUT2D eigenvalue weighted by Gasteiger charge is 2.30. The maximum absolute atomic E-state index is 12.2. The lowest BCUT2D eigenvalue weighted by Crippen LogP contribution is -2.04. The molecule has 1 rings (SSSR count). The molecule has 0 spiro atoms. The quantitative estimate of drug-likeness (QED) is 0.746. The fraction of sp³-hybridized carbons (Fsp3) is 0.250. The molecule has 1 N–H and O–H groups in total. The predicted molar refractivity (Wildman–Crippen MR) is 48.6 cm³/mol. The predicted octanol–water partition coefficient (Wildman–Crippen LogP) is 3.40. The molecule has 0 unspecified atom stereocenters. The van der Waals surface area contributed by atoms with Crippen LogP contribution in [0.5, 0.6) is 0 Å². The molecule has 0 saturated carbocycles. The standard InChI is InChI=1S/C8H8F3NS/c1-13-12-7-4-2-3-6(5-7)8(9,10)11/h2-5,12H,1H3. The van der Waals surface area contributed by atoms with Crippen molar-refractivity contribution in [2.24, 2.45) is 0 Å². The van der Waals surface area contributed by atoms with Crippen molar-refractivity contribution < 1.29 is 13.2 Å². The molecule has 72 valence electrons. The Labute approximate surface area is 78.5 Å². The largest absolute Gasteiger partial charge is 0.416 e. The SMILES string of the molecule is CSNc1cccc(C(F)(F)F)c1. The monoisotopic (exact) mass is 207 g/mol. The van der Waals surface area contributed by atoms with Crippen LogP contribution in [-0.2, 0) is 6.18 Å². The molecule has 0 heterocycles. The van der Waals surface area contributed by atoms with Crippen LogP contribution in [0.3, 0.4) is 0 Å². The Bertz CT molecular complexity index is 285. The zero-order valence-electron chi connectivity index (χ0n) is 6.85. The Kier molecular flexibility index (Phi) is 3.08. The van der Waals surface area contributed by atoms with Crippen molar-refractivity contribution >= 4 is 17.6 Å². The van der Waals surface area contributed by atoms with Gasteiger partial charge in [-0.3, -0.25) is 0 Å². The molecule has 0 radical (unpaired) electrons. The molecule has 0 bridgehead atoms. The number of rotatable bonds is 2. The molecular formula is C8H8F3NS. The first-order valence-corrected chi connectivity index (χ1v) is 4.73.